The van der Waals surface area contributed by atoms with E-state index in [4.69, 9.17) is 14.2 Å². The van der Waals surface area contributed by atoms with Crippen molar-refractivity contribution in [1.82, 2.24) is 15.5 Å². The largest absolute Gasteiger partial charge is 0.480 e. The summed E-state index contributed by atoms with van der Waals surface area (Å²) in [5.74, 6) is -2.43. The molecule has 13 heteroatoms. The number of carbonyl (C=O) groups excluding carboxylic acids is 5. The van der Waals surface area contributed by atoms with E-state index in [1.54, 1.807) is 24.3 Å². The molecule has 2 rings (SSSR count). The second-order valence-corrected chi connectivity index (χ2v) is 8.56. The minimum atomic E-state index is -1.20. The molecule has 0 saturated carbocycles. The quantitative estimate of drug-likeness (QED) is 0.113. The average molecular weight is 548 g/mol. The first kappa shape index (κ1) is 30.8. The molecular weight excluding hydrogens is 514 g/mol. The van der Waals surface area contributed by atoms with Crippen molar-refractivity contribution < 1.29 is 48.1 Å². The molecule has 0 aliphatic carbocycles. The Balaban J connectivity index is 1.46. The zero-order valence-corrected chi connectivity index (χ0v) is 21.5. The maximum atomic E-state index is 11.9. The Kier molecular flexibility index (Phi) is 13.6. The van der Waals surface area contributed by atoms with Gasteiger partial charge in [0.15, 0.2) is 0 Å². The third-order valence-corrected chi connectivity index (χ3v) is 5.56. The van der Waals surface area contributed by atoms with Gasteiger partial charge in [0.05, 0.1) is 0 Å². The molecule has 1 aliphatic heterocycles. The van der Waals surface area contributed by atoms with Gasteiger partial charge in [0.1, 0.15) is 12.6 Å². The number of imide groups is 1. The monoisotopic (exact) mass is 547 g/mol. The minimum Gasteiger partial charge on any atom is -0.480 e. The van der Waals surface area contributed by atoms with Gasteiger partial charge in [-0.05, 0) is 37.7 Å². The average Bonchev–Trinajstić information content (AvgIpc) is 3.23. The van der Waals surface area contributed by atoms with Gasteiger partial charge in [0.2, 0.25) is 6.79 Å². The maximum Gasteiger partial charge on any atom is 0.410 e. The molecule has 0 fully saturated rings. The highest BCUT2D eigenvalue weighted by Gasteiger charge is 2.22. The number of ether oxygens (including phenoxy) is 3. The van der Waals surface area contributed by atoms with Crippen molar-refractivity contribution in [2.24, 2.45) is 0 Å². The molecule has 1 aromatic rings. The van der Waals surface area contributed by atoms with Crippen molar-refractivity contribution in [2.75, 3.05) is 19.9 Å². The number of carboxylic acids is 1. The van der Waals surface area contributed by atoms with Gasteiger partial charge in [-0.15, -0.1) is 0 Å². The van der Waals surface area contributed by atoms with Gasteiger partial charge in [0, 0.05) is 31.7 Å². The lowest BCUT2D eigenvalue weighted by atomic mass is 10.1. The fraction of sp³-hybridized carbons (Fsp3) is 0.462. The van der Waals surface area contributed by atoms with Crippen LogP contribution in [0.2, 0.25) is 0 Å². The smallest absolute Gasteiger partial charge is 0.410 e. The van der Waals surface area contributed by atoms with Gasteiger partial charge in [0.25, 0.3) is 11.8 Å². The van der Waals surface area contributed by atoms with Crippen molar-refractivity contribution >= 4 is 35.9 Å². The highest BCUT2D eigenvalue weighted by Crippen LogP contribution is 2.08. The molecule has 212 valence electrons. The Bertz CT molecular complexity index is 1010. The van der Waals surface area contributed by atoms with Crippen LogP contribution in [0.25, 0.3) is 0 Å². The van der Waals surface area contributed by atoms with Crippen LogP contribution in [0.1, 0.15) is 50.5 Å². The van der Waals surface area contributed by atoms with Crippen molar-refractivity contribution in [3.05, 3.63) is 48.0 Å². The van der Waals surface area contributed by atoms with Crippen LogP contribution in [-0.2, 0) is 40.0 Å². The molecule has 1 aromatic carbocycles. The van der Waals surface area contributed by atoms with Crippen LogP contribution in [0.4, 0.5) is 9.59 Å². The van der Waals surface area contributed by atoms with E-state index in [0.717, 1.165) is 10.5 Å². The van der Waals surface area contributed by atoms with Gasteiger partial charge >= 0.3 is 24.1 Å². The van der Waals surface area contributed by atoms with E-state index >= 15 is 0 Å². The second-order valence-electron chi connectivity index (χ2n) is 8.56. The SMILES string of the molecule is O=C(CCCCCN1C(=O)C=CC1=O)OCOC(=O)NCCCC[C@H](NC(=O)OCc1ccccc1)C(=O)O. The number of hydrogen-bond donors (Lipinski definition) is 3. The maximum absolute atomic E-state index is 11.9. The predicted molar refractivity (Wildman–Crippen MR) is 135 cm³/mol. The van der Waals surface area contributed by atoms with Crippen LogP contribution in [0.3, 0.4) is 0 Å². The molecular formula is C26H33N3O10. The first-order chi connectivity index (χ1) is 18.8. The van der Waals surface area contributed by atoms with Gasteiger partial charge < -0.3 is 30.0 Å². The third kappa shape index (κ3) is 12.6. The van der Waals surface area contributed by atoms with E-state index in [1.165, 1.54) is 12.2 Å². The van der Waals surface area contributed by atoms with Crippen molar-refractivity contribution in [2.45, 2.75) is 57.6 Å². The fourth-order valence-electron chi connectivity index (χ4n) is 3.47. The van der Waals surface area contributed by atoms with E-state index < -0.39 is 37.0 Å². The molecule has 13 nitrogen and oxygen atoms in total. The molecule has 1 heterocycles. The van der Waals surface area contributed by atoms with Gasteiger partial charge in [-0.1, -0.05) is 36.8 Å². The fourth-order valence-corrected chi connectivity index (χ4v) is 3.47. The molecule has 0 bridgehead atoms. The Hall–Kier alpha value is -4.42. The number of hydrogen-bond acceptors (Lipinski definition) is 9. The standard InChI is InChI=1S/C26H33N3O10/c30-21-13-14-22(31)29(21)16-8-2-5-12-23(32)38-18-39-25(35)27-15-7-6-11-20(24(33)34)28-26(36)37-17-19-9-3-1-4-10-19/h1,3-4,9-10,13-14,20H,2,5-8,11-12,15-18H2,(H,27,35)(H,28,36)(H,33,34)/t20-/m0/s1. The number of carbonyl (C=O) groups is 6. The van der Waals surface area contributed by atoms with E-state index in [9.17, 15) is 33.9 Å². The highest BCUT2D eigenvalue weighted by atomic mass is 16.7. The summed E-state index contributed by atoms with van der Waals surface area (Å²) < 4.78 is 14.6. The number of aliphatic carboxylic acids is 1. The lowest BCUT2D eigenvalue weighted by Gasteiger charge is -2.14. The number of nitrogens with one attached hydrogen (secondary N) is 2. The van der Waals surface area contributed by atoms with Crippen LogP contribution < -0.4 is 10.6 Å². The van der Waals surface area contributed by atoms with Crippen molar-refractivity contribution in [3.8, 4) is 0 Å². The highest BCUT2D eigenvalue weighted by molar-refractivity contribution is 6.12. The topological polar surface area (TPSA) is 178 Å². The lowest BCUT2D eigenvalue weighted by Crippen LogP contribution is -2.41. The van der Waals surface area contributed by atoms with E-state index in [-0.39, 0.29) is 44.4 Å². The number of benzene rings is 1. The van der Waals surface area contributed by atoms with E-state index in [0.29, 0.717) is 32.1 Å². The summed E-state index contributed by atoms with van der Waals surface area (Å²) in [5.41, 5.74) is 0.771. The van der Waals surface area contributed by atoms with Gasteiger partial charge in [-0.25, -0.2) is 14.4 Å². The number of amides is 4. The number of nitrogens with zero attached hydrogens (tertiary/aromatic N) is 1. The number of rotatable bonds is 17. The van der Waals surface area contributed by atoms with Crippen LogP contribution >= 0.6 is 0 Å². The summed E-state index contributed by atoms with van der Waals surface area (Å²) in [5, 5.41) is 14.1. The molecule has 4 amide bonds. The summed E-state index contributed by atoms with van der Waals surface area (Å²) in [6.07, 6.45) is 3.51. The molecule has 3 N–H and O–H groups in total. The summed E-state index contributed by atoms with van der Waals surface area (Å²) >= 11 is 0. The summed E-state index contributed by atoms with van der Waals surface area (Å²) in [4.78, 5) is 70.7. The van der Waals surface area contributed by atoms with Crippen LogP contribution in [0.5, 0.6) is 0 Å². The molecule has 0 spiro atoms. The number of unbranched alkanes of at least 4 members (excludes halogenated alkanes) is 3. The molecule has 1 atom stereocenters. The Morgan fingerprint density at radius 3 is 2.26 bits per heavy atom. The molecule has 0 aromatic heterocycles. The Morgan fingerprint density at radius 2 is 1.56 bits per heavy atom. The summed E-state index contributed by atoms with van der Waals surface area (Å²) in [6, 6.07) is 7.83. The van der Waals surface area contributed by atoms with Gasteiger partial charge in [-0.3, -0.25) is 19.3 Å². The Morgan fingerprint density at radius 1 is 0.846 bits per heavy atom. The first-order valence-electron chi connectivity index (χ1n) is 12.6. The predicted octanol–water partition coefficient (Wildman–Crippen LogP) is 2.25. The zero-order valence-electron chi connectivity index (χ0n) is 21.5. The van der Waals surface area contributed by atoms with Crippen molar-refractivity contribution in [3.63, 3.8) is 0 Å². The zero-order chi connectivity index (χ0) is 28.5. The number of esters is 1. The lowest BCUT2D eigenvalue weighted by molar-refractivity contribution is -0.152. The third-order valence-electron chi connectivity index (χ3n) is 5.56. The van der Waals surface area contributed by atoms with Crippen molar-refractivity contribution in [1.29, 1.82) is 0 Å². The molecule has 0 unspecified atom stereocenters. The van der Waals surface area contributed by atoms with E-state index in [1.807, 2.05) is 6.07 Å². The molecule has 39 heavy (non-hydrogen) atoms. The number of alkyl carbamates (subject to hydrolysis) is 2. The second kappa shape index (κ2) is 17.2. The van der Waals surface area contributed by atoms with E-state index in [2.05, 4.69) is 10.6 Å². The van der Waals surface area contributed by atoms with Gasteiger partial charge in [-0.2, -0.15) is 0 Å². The molecule has 0 saturated heterocycles. The first-order valence-corrected chi connectivity index (χ1v) is 12.6. The normalized spacial score (nSPS) is 13.1. The molecule has 0 radical (unpaired) electrons. The van der Waals surface area contributed by atoms with Crippen LogP contribution in [-0.4, -0.2) is 71.9 Å². The van der Waals surface area contributed by atoms with Crippen LogP contribution in [0.15, 0.2) is 42.5 Å². The van der Waals surface area contributed by atoms with Crippen LogP contribution in [0, 0.1) is 0 Å². The summed E-state index contributed by atoms with van der Waals surface area (Å²) in [6.45, 7) is -0.0558. The minimum absolute atomic E-state index is 0.0175. The Labute approximate surface area is 225 Å². The molecule has 1 aliphatic rings. The summed E-state index contributed by atoms with van der Waals surface area (Å²) in [7, 11) is 0. The number of carboxylic acid groups (broad SMARTS) is 1.